The van der Waals surface area contributed by atoms with Gasteiger partial charge in [-0.1, -0.05) is 32.9 Å². The molecule has 3 rings (SSSR count). The number of rotatable bonds is 5. The molecule has 0 saturated heterocycles. The molecule has 0 spiro atoms. The highest BCUT2D eigenvalue weighted by atomic mass is 32.1. The fraction of sp³-hybridized carbons (Fsp3) is 0.273. The van der Waals surface area contributed by atoms with Crippen molar-refractivity contribution in [1.29, 1.82) is 0 Å². The van der Waals surface area contributed by atoms with Gasteiger partial charge in [-0.05, 0) is 59.2 Å². The maximum atomic E-state index is 12.6. The first-order valence-corrected chi connectivity index (χ1v) is 10.0. The number of anilines is 1. The molecule has 0 radical (unpaired) electrons. The summed E-state index contributed by atoms with van der Waals surface area (Å²) in [6.07, 6.45) is 1.00. The number of hydrazine groups is 1. The molecule has 0 bridgehead atoms. The molecule has 0 unspecified atom stereocenters. The van der Waals surface area contributed by atoms with Crippen LogP contribution in [0.25, 0.3) is 10.1 Å². The maximum absolute atomic E-state index is 12.6. The van der Waals surface area contributed by atoms with Crippen molar-refractivity contribution in [3.63, 3.8) is 0 Å². The summed E-state index contributed by atoms with van der Waals surface area (Å²) in [4.78, 5) is 25.0. The number of thiophene rings is 1. The molecule has 0 aliphatic heterocycles. The average Bonchev–Trinajstić information content (AvgIpc) is 3.07. The highest BCUT2D eigenvalue weighted by molar-refractivity contribution is 7.19. The van der Waals surface area contributed by atoms with Crippen molar-refractivity contribution in [2.75, 3.05) is 5.32 Å². The Hall–Kier alpha value is -2.70. The van der Waals surface area contributed by atoms with Gasteiger partial charge in [0.2, 0.25) is 5.91 Å². The van der Waals surface area contributed by atoms with Gasteiger partial charge in [-0.15, -0.1) is 11.3 Å². The van der Waals surface area contributed by atoms with Crippen molar-refractivity contribution < 1.29 is 9.59 Å². The van der Waals surface area contributed by atoms with Crippen LogP contribution in [0.15, 0.2) is 48.5 Å². The summed E-state index contributed by atoms with van der Waals surface area (Å²) in [5.74, 6) is 4.81. The smallest absolute Gasteiger partial charge is 0.255 e. The van der Waals surface area contributed by atoms with Crippen LogP contribution in [-0.2, 0) is 16.6 Å². The Morgan fingerprint density at radius 2 is 1.75 bits per heavy atom. The van der Waals surface area contributed by atoms with E-state index >= 15 is 0 Å². The first-order valence-electron chi connectivity index (χ1n) is 9.20. The lowest BCUT2D eigenvalue weighted by Gasteiger charge is -2.19. The Bertz CT molecular complexity index is 1000. The van der Waals surface area contributed by atoms with Crippen molar-refractivity contribution in [2.24, 2.45) is 5.84 Å². The fourth-order valence-electron chi connectivity index (χ4n) is 2.93. The van der Waals surface area contributed by atoms with E-state index in [0.717, 1.165) is 20.7 Å². The van der Waals surface area contributed by atoms with Crippen LogP contribution < -0.4 is 16.6 Å². The zero-order valence-corrected chi connectivity index (χ0v) is 17.2. The number of amides is 2. The van der Waals surface area contributed by atoms with Crippen LogP contribution in [0.5, 0.6) is 0 Å². The first-order chi connectivity index (χ1) is 13.3. The van der Waals surface area contributed by atoms with Crippen LogP contribution >= 0.6 is 11.3 Å². The van der Waals surface area contributed by atoms with Crippen molar-refractivity contribution >= 4 is 38.9 Å². The molecule has 2 aromatic carbocycles. The predicted octanol–water partition coefficient (Wildman–Crippen LogP) is 4.37. The molecule has 2 amide bonds. The molecule has 4 N–H and O–H groups in total. The van der Waals surface area contributed by atoms with Gasteiger partial charge in [0.25, 0.3) is 5.91 Å². The van der Waals surface area contributed by atoms with Gasteiger partial charge in [-0.2, -0.15) is 0 Å². The quantitative estimate of drug-likeness (QED) is 0.341. The van der Waals surface area contributed by atoms with E-state index in [9.17, 15) is 9.59 Å². The third-order valence-corrected chi connectivity index (χ3v) is 5.77. The minimum absolute atomic E-state index is 0.0571. The lowest BCUT2D eigenvalue weighted by molar-refractivity contribution is -0.121. The topological polar surface area (TPSA) is 84.2 Å². The number of aryl methyl sites for hydroxylation is 1. The number of hydrogen-bond donors (Lipinski definition) is 3. The van der Waals surface area contributed by atoms with E-state index < -0.39 is 0 Å². The van der Waals surface area contributed by atoms with Crippen LogP contribution in [0.2, 0.25) is 0 Å². The van der Waals surface area contributed by atoms with Crippen molar-refractivity contribution in [2.45, 2.75) is 39.0 Å². The largest absolute Gasteiger partial charge is 0.322 e. The van der Waals surface area contributed by atoms with E-state index in [1.54, 1.807) is 11.3 Å². The molecular weight excluding hydrogens is 370 g/mol. The van der Waals surface area contributed by atoms with Crippen LogP contribution in [0, 0.1) is 0 Å². The normalized spacial score (nSPS) is 11.4. The molecule has 0 saturated carbocycles. The van der Waals surface area contributed by atoms with E-state index in [4.69, 9.17) is 5.84 Å². The van der Waals surface area contributed by atoms with Gasteiger partial charge >= 0.3 is 0 Å². The number of nitrogens with one attached hydrogen (secondary N) is 2. The highest BCUT2D eigenvalue weighted by Gasteiger charge is 2.14. The molecule has 146 valence electrons. The van der Waals surface area contributed by atoms with Gasteiger partial charge in [-0.25, -0.2) is 5.84 Å². The first kappa shape index (κ1) is 20.0. The minimum Gasteiger partial charge on any atom is -0.322 e. The van der Waals surface area contributed by atoms with Crippen LogP contribution in [0.3, 0.4) is 0 Å². The van der Waals surface area contributed by atoms with Gasteiger partial charge in [0.15, 0.2) is 0 Å². The van der Waals surface area contributed by atoms with E-state index in [2.05, 4.69) is 37.6 Å². The van der Waals surface area contributed by atoms with Gasteiger partial charge in [0, 0.05) is 27.2 Å². The lowest BCUT2D eigenvalue weighted by atomic mass is 9.87. The summed E-state index contributed by atoms with van der Waals surface area (Å²) < 4.78 is 1.12. The molecule has 0 fully saturated rings. The molecule has 0 aliphatic rings. The van der Waals surface area contributed by atoms with Crippen molar-refractivity contribution in [1.82, 2.24) is 5.43 Å². The van der Waals surface area contributed by atoms with Crippen LogP contribution in [-0.4, -0.2) is 11.8 Å². The van der Waals surface area contributed by atoms with Crippen LogP contribution in [0.4, 0.5) is 5.69 Å². The average molecular weight is 396 g/mol. The molecular formula is C22H25N3O2S. The predicted molar refractivity (Wildman–Crippen MR) is 116 cm³/mol. The summed E-state index contributed by atoms with van der Waals surface area (Å²) in [6, 6.07) is 15.6. The Morgan fingerprint density at radius 3 is 2.39 bits per heavy atom. The molecule has 1 heterocycles. The summed E-state index contributed by atoms with van der Waals surface area (Å²) in [5, 5.41) is 4.01. The number of benzene rings is 2. The lowest BCUT2D eigenvalue weighted by Crippen LogP contribution is -2.29. The molecule has 0 aliphatic carbocycles. The molecule has 6 heteroatoms. The van der Waals surface area contributed by atoms with Gasteiger partial charge in [0.05, 0.1) is 0 Å². The van der Waals surface area contributed by atoms with E-state index in [-0.39, 0.29) is 17.2 Å². The molecule has 5 nitrogen and oxygen atoms in total. The fourth-order valence-corrected chi connectivity index (χ4v) is 3.98. The molecule has 28 heavy (non-hydrogen) atoms. The summed E-state index contributed by atoms with van der Waals surface area (Å²) in [5.41, 5.74) is 4.78. The Balaban J connectivity index is 1.71. The number of nitrogens with two attached hydrogens (primary N) is 1. The summed E-state index contributed by atoms with van der Waals surface area (Å²) in [6.45, 7) is 6.44. The summed E-state index contributed by atoms with van der Waals surface area (Å²) >= 11 is 1.64. The third-order valence-electron chi connectivity index (χ3n) is 4.60. The number of carbonyl (C=O) groups is 2. The van der Waals surface area contributed by atoms with Crippen molar-refractivity contribution in [3.8, 4) is 0 Å². The van der Waals surface area contributed by atoms with E-state index in [1.165, 1.54) is 5.56 Å². The number of fused-ring (bicyclic) bond motifs is 1. The molecule has 3 aromatic rings. The van der Waals surface area contributed by atoms with Crippen molar-refractivity contribution in [3.05, 3.63) is 64.5 Å². The number of carbonyl (C=O) groups excluding carboxylic acids is 2. The van der Waals surface area contributed by atoms with E-state index in [1.807, 2.05) is 42.5 Å². The minimum atomic E-state index is -0.178. The molecule has 0 atom stereocenters. The maximum Gasteiger partial charge on any atom is 0.255 e. The second-order valence-corrected chi connectivity index (χ2v) is 8.98. The summed E-state index contributed by atoms with van der Waals surface area (Å²) in [7, 11) is 0. The standard InChI is InChI=1S/C22H25N3O2S/c1-22(2,3)16-6-4-14(5-7-16)21(27)24-17-8-10-19-15(12-17)13-18(28-19)9-11-20(26)25-23/h4-8,10,12-13H,9,11,23H2,1-3H3,(H,24,27)(H,25,26). The molecule has 1 aromatic heterocycles. The Kier molecular flexibility index (Phi) is 5.82. The Morgan fingerprint density at radius 1 is 1.04 bits per heavy atom. The SMILES string of the molecule is CC(C)(C)c1ccc(C(=O)Nc2ccc3sc(CCC(=O)NN)cc3c2)cc1. The third kappa shape index (κ3) is 4.77. The Labute approximate surface area is 168 Å². The monoisotopic (exact) mass is 395 g/mol. The van der Waals surface area contributed by atoms with E-state index in [0.29, 0.717) is 18.4 Å². The van der Waals surface area contributed by atoms with Gasteiger partial charge in [-0.3, -0.25) is 15.0 Å². The zero-order chi connectivity index (χ0) is 20.3. The van der Waals surface area contributed by atoms with Gasteiger partial charge in [0.1, 0.15) is 0 Å². The number of hydrogen-bond acceptors (Lipinski definition) is 4. The zero-order valence-electron chi connectivity index (χ0n) is 16.3. The van der Waals surface area contributed by atoms with Crippen LogP contribution in [0.1, 0.15) is 48.0 Å². The van der Waals surface area contributed by atoms with Gasteiger partial charge < -0.3 is 5.32 Å². The second-order valence-electron chi connectivity index (χ2n) is 7.81. The second kappa shape index (κ2) is 8.12. The highest BCUT2D eigenvalue weighted by Crippen LogP contribution is 2.29.